The highest BCUT2D eigenvalue weighted by Gasteiger charge is 2.03. The first-order valence-corrected chi connectivity index (χ1v) is 4.95. The fraction of sp³-hybridized carbons (Fsp3) is 0.111. The van der Waals surface area contributed by atoms with Crippen molar-refractivity contribution in [3.63, 3.8) is 0 Å². The summed E-state index contributed by atoms with van der Waals surface area (Å²) < 4.78 is 0. The van der Waals surface area contributed by atoms with Crippen molar-refractivity contribution >= 4 is 17.2 Å². The van der Waals surface area contributed by atoms with Crippen molar-refractivity contribution in [3.8, 4) is 11.4 Å². The number of nitrogens with two attached hydrogens (primary N) is 1. The van der Waals surface area contributed by atoms with E-state index in [1.165, 1.54) is 10.9 Å². The van der Waals surface area contributed by atoms with Crippen LogP contribution >= 0.6 is 11.3 Å². The number of nitrogens with zero attached hydrogens (tertiary/aromatic N) is 1. The standard InChI is InChI=1S/C9H9N3OS/c1-5-2-6(4-14-5)9-11-7(10)3-8(13)12-9/h2-4H,1H3,(H3,10,11,12,13). The van der Waals surface area contributed by atoms with Gasteiger partial charge < -0.3 is 10.7 Å². The largest absolute Gasteiger partial charge is 0.383 e. The highest BCUT2D eigenvalue weighted by atomic mass is 32.1. The van der Waals surface area contributed by atoms with Crippen LogP contribution in [0.15, 0.2) is 22.3 Å². The maximum Gasteiger partial charge on any atom is 0.253 e. The molecule has 0 bridgehead atoms. The van der Waals surface area contributed by atoms with Gasteiger partial charge in [-0.05, 0) is 13.0 Å². The first-order valence-electron chi connectivity index (χ1n) is 4.07. The third-order valence-corrected chi connectivity index (χ3v) is 2.63. The molecule has 0 spiro atoms. The summed E-state index contributed by atoms with van der Waals surface area (Å²) in [6, 6.07) is 3.23. The second-order valence-electron chi connectivity index (χ2n) is 2.96. The maximum absolute atomic E-state index is 11.1. The van der Waals surface area contributed by atoms with Crippen LogP contribution in [0.5, 0.6) is 0 Å². The molecule has 0 aromatic carbocycles. The second kappa shape index (κ2) is 3.26. The molecule has 0 aliphatic carbocycles. The molecule has 0 unspecified atom stereocenters. The third kappa shape index (κ3) is 1.67. The van der Waals surface area contributed by atoms with E-state index in [0.29, 0.717) is 5.82 Å². The van der Waals surface area contributed by atoms with Crippen LogP contribution in [-0.4, -0.2) is 9.97 Å². The van der Waals surface area contributed by atoms with Gasteiger partial charge in [-0.2, -0.15) is 0 Å². The first kappa shape index (κ1) is 8.96. The predicted molar refractivity (Wildman–Crippen MR) is 57.3 cm³/mol. The van der Waals surface area contributed by atoms with E-state index in [-0.39, 0.29) is 11.4 Å². The summed E-state index contributed by atoms with van der Waals surface area (Å²) in [7, 11) is 0. The zero-order chi connectivity index (χ0) is 10.1. The molecule has 2 rings (SSSR count). The van der Waals surface area contributed by atoms with E-state index >= 15 is 0 Å². The number of rotatable bonds is 1. The zero-order valence-corrected chi connectivity index (χ0v) is 8.39. The molecular formula is C9H9N3OS. The summed E-state index contributed by atoms with van der Waals surface area (Å²) in [5, 5.41) is 1.94. The molecule has 2 aromatic heterocycles. The highest BCUT2D eigenvalue weighted by Crippen LogP contribution is 2.21. The summed E-state index contributed by atoms with van der Waals surface area (Å²) in [6.07, 6.45) is 0. The Bertz CT molecular complexity index is 515. The molecule has 0 saturated carbocycles. The van der Waals surface area contributed by atoms with Crippen LogP contribution in [-0.2, 0) is 0 Å². The number of nitrogens with one attached hydrogen (secondary N) is 1. The number of anilines is 1. The monoisotopic (exact) mass is 207 g/mol. The maximum atomic E-state index is 11.1. The molecule has 0 fully saturated rings. The Labute approximate surface area is 84.4 Å². The van der Waals surface area contributed by atoms with E-state index in [1.807, 2.05) is 18.4 Å². The number of H-pyrrole nitrogens is 1. The van der Waals surface area contributed by atoms with Gasteiger partial charge in [0, 0.05) is 21.9 Å². The predicted octanol–water partition coefficient (Wildman–Crippen LogP) is 1.39. The van der Waals surface area contributed by atoms with Gasteiger partial charge in [-0.1, -0.05) is 0 Å². The summed E-state index contributed by atoms with van der Waals surface area (Å²) in [5.41, 5.74) is 6.15. The first-order chi connectivity index (χ1) is 6.65. The average molecular weight is 207 g/mol. The Morgan fingerprint density at radius 1 is 1.50 bits per heavy atom. The lowest BCUT2D eigenvalue weighted by atomic mass is 10.3. The van der Waals surface area contributed by atoms with Gasteiger partial charge in [0.05, 0.1) is 0 Å². The summed E-state index contributed by atoms with van der Waals surface area (Å²) in [6.45, 7) is 2.00. The van der Waals surface area contributed by atoms with E-state index in [0.717, 1.165) is 5.56 Å². The molecule has 2 aromatic rings. The summed E-state index contributed by atoms with van der Waals surface area (Å²) >= 11 is 1.61. The highest BCUT2D eigenvalue weighted by molar-refractivity contribution is 7.10. The number of hydrogen-bond acceptors (Lipinski definition) is 4. The quantitative estimate of drug-likeness (QED) is 0.742. The van der Waals surface area contributed by atoms with Crippen molar-refractivity contribution in [1.82, 2.24) is 9.97 Å². The zero-order valence-electron chi connectivity index (χ0n) is 7.57. The fourth-order valence-corrected chi connectivity index (χ4v) is 1.87. The molecule has 72 valence electrons. The smallest absolute Gasteiger partial charge is 0.253 e. The van der Waals surface area contributed by atoms with Gasteiger partial charge in [-0.15, -0.1) is 11.3 Å². The van der Waals surface area contributed by atoms with Crippen LogP contribution in [0.2, 0.25) is 0 Å². The summed E-state index contributed by atoms with van der Waals surface area (Å²) in [5.74, 6) is 0.770. The second-order valence-corrected chi connectivity index (χ2v) is 4.08. The minimum Gasteiger partial charge on any atom is -0.383 e. The van der Waals surface area contributed by atoms with Gasteiger partial charge in [-0.25, -0.2) is 4.98 Å². The van der Waals surface area contributed by atoms with Crippen molar-refractivity contribution in [2.75, 3.05) is 5.73 Å². The summed E-state index contributed by atoms with van der Waals surface area (Å²) in [4.78, 5) is 19.0. The lowest BCUT2D eigenvalue weighted by Gasteiger charge is -1.97. The van der Waals surface area contributed by atoms with Gasteiger partial charge >= 0.3 is 0 Å². The Hall–Kier alpha value is -1.62. The normalized spacial score (nSPS) is 10.4. The number of nitrogen functional groups attached to an aromatic ring is 1. The van der Waals surface area contributed by atoms with Crippen molar-refractivity contribution in [1.29, 1.82) is 0 Å². The van der Waals surface area contributed by atoms with Crippen molar-refractivity contribution in [2.24, 2.45) is 0 Å². The van der Waals surface area contributed by atoms with Crippen LogP contribution in [0.1, 0.15) is 4.88 Å². The third-order valence-electron chi connectivity index (χ3n) is 1.77. The van der Waals surface area contributed by atoms with Crippen LogP contribution in [0.25, 0.3) is 11.4 Å². The number of aromatic amines is 1. The van der Waals surface area contributed by atoms with Crippen LogP contribution in [0.3, 0.4) is 0 Å². The van der Waals surface area contributed by atoms with Gasteiger partial charge in [0.2, 0.25) is 0 Å². The van der Waals surface area contributed by atoms with Crippen LogP contribution < -0.4 is 11.3 Å². The number of aryl methyl sites for hydroxylation is 1. The van der Waals surface area contributed by atoms with Gasteiger partial charge in [0.25, 0.3) is 5.56 Å². The van der Waals surface area contributed by atoms with Crippen molar-refractivity contribution in [2.45, 2.75) is 6.92 Å². The molecule has 0 saturated heterocycles. The SMILES string of the molecule is Cc1cc(-c2nc(N)cc(=O)[nH]2)cs1. The molecule has 0 radical (unpaired) electrons. The molecule has 0 atom stereocenters. The Kier molecular flexibility index (Phi) is 2.09. The lowest BCUT2D eigenvalue weighted by Crippen LogP contribution is -2.09. The van der Waals surface area contributed by atoms with E-state index < -0.39 is 0 Å². The lowest BCUT2D eigenvalue weighted by molar-refractivity contribution is 1.14. The van der Waals surface area contributed by atoms with Crippen LogP contribution in [0, 0.1) is 6.92 Å². The average Bonchev–Trinajstić information content (AvgIpc) is 2.50. The van der Waals surface area contributed by atoms with Crippen molar-refractivity contribution < 1.29 is 0 Å². The van der Waals surface area contributed by atoms with E-state index in [4.69, 9.17) is 5.73 Å². The molecule has 0 amide bonds. The van der Waals surface area contributed by atoms with Gasteiger partial charge in [-0.3, -0.25) is 4.79 Å². The van der Waals surface area contributed by atoms with E-state index in [2.05, 4.69) is 9.97 Å². The molecule has 5 heteroatoms. The number of thiophene rings is 1. The van der Waals surface area contributed by atoms with Gasteiger partial charge in [0.15, 0.2) is 0 Å². The molecule has 4 nitrogen and oxygen atoms in total. The molecule has 2 heterocycles. The fourth-order valence-electron chi connectivity index (χ4n) is 1.18. The van der Waals surface area contributed by atoms with E-state index in [9.17, 15) is 4.79 Å². The minimum atomic E-state index is -0.226. The van der Waals surface area contributed by atoms with E-state index in [1.54, 1.807) is 11.3 Å². The minimum absolute atomic E-state index is 0.226. The number of aromatic nitrogens is 2. The molecule has 3 N–H and O–H groups in total. The molecular weight excluding hydrogens is 198 g/mol. The topological polar surface area (TPSA) is 71.8 Å². The molecule has 14 heavy (non-hydrogen) atoms. The Balaban J connectivity index is 2.56. The van der Waals surface area contributed by atoms with Gasteiger partial charge in [0.1, 0.15) is 11.6 Å². The Morgan fingerprint density at radius 2 is 2.29 bits per heavy atom. The molecule has 0 aliphatic heterocycles. The number of hydrogen-bond donors (Lipinski definition) is 2. The van der Waals surface area contributed by atoms with Crippen molar-refractivity contribution in [3.05, 3.63) is 32.7 Å². The molecule has 0 aliphatic rings. The van der Waals surface area contributed by atoms with Crippen LogP contribution in [0.4, 0.5) is 5.82 Å². The Morgan fingerprint density at radius 3 is 2.86 bits per heavy atom.